The van der Waals surface area contributed by atoms with E-state index in [0.717, 1.165) is 6.08 Å². The van der Waals surface area contributed by atoms with E-state index in [1.165, 1.54) is 0 Å². The van der Waals surface area contributed by atoms with Crippen molar-refractivity contribution in [2.75, 3.05) is 27.7 Å². The van der Waals surface area contributed by atoms with Gasteiger partial charge in [-0.15, -0.1) is 0 Å². The molecule has 88 valence electrons. The molecule has 1 N–H and O–H groups in total. The van der Waals surface area contributed by atoms with Gasteiger partial charge in [-0.05, 0) is 6.08 Å². The second-order valence-electron chi connectivity index (χ2n) is 4.14. The Morgan fingerprint density at radius 3 is 2.40 bits per heavy atom. The molecule has 0 aromatic heterocycles. The van der Waals surface area contributed by atoms with Crippen molar-refractivity contribution in [3.63, 3.8) is 0 Å². The molecule has 0 rings (SSSR count). The van der Waals surface area contributed by atoms with Gasteiger partial charge in [-0.25, -0.2) is 0 Å². The summed E-state index contributed by atoms with van der Waals surface area (Å²) in [6.45, 7) is 3.35. The van der Waals surface area contributed by atoms with Crippen LogP contribution in [0.4, 0.5) is 0 Å². The van der Waals surface area contributed by atoms with Crippen LogP contribution in [0.25, 0.3) is 0 Å². The molecule has 0 aliphatic carbocycles. The van der Waals surface area contributed by atoms with Crippen LogP contribution in [0.2, 0.25) is 0 Å². The number of carbonyl (C=O) groups is 1. The number of quaternary nitrogens is 1. The second-order valence-corrected chi connectivity index (χ2v) is 5.29. The fraction of sp³-hybridized carbons (Fsp3) is 0.625. The maximum Gasteiger partial charge on any atom is 0.266 e. The zero-order valence-electron chi connectivity index (χ0n) is 9.04. The van der Waals surface area contributed by atoms with Crippen LogP contribution < -0.4 is 4.89 Å². The Kier molecular flexibility index (Phi) is 4.83. The molecule has 0 aromatic carbocycles. The van der Waals surface area contributed by atoms with Crippen molar-refractivity contribution < 1.29 is 28.2 Å². The normalized spacial score (nSPS) is 17.9. The summed E-state index contributed by atoms with van der Waals surface area (Å²) in [6, 6.07) is 0. The summed E-state index contributed by atoms with van der Waals surface area (Å²) in [5.74, 6) is -0.576. The fourth-order valence-electron chi connectivity index (χ4n) is 0.965. The number of rotatable bonds is 6. The van der Waals surface area contributed by atoms with Crippen molar-refractivity contribution in [3.8, 4) is 0 Å². The van der Waals surface area contributed by atoms with E-state index in [1.807, 2.05) is 0 Å². The Morgan fingerprint density at radius 1 is 1.67 bits per heavy atom. The lowest BCUT2D eigenvalue weighted by molar-refractivity contribution is -0.872. The standard InChI is InChI=1S/C8H16NO5P/c1-5-7(10)8(6-9(2,3)4)14-15(11,12)13/h5,8H,1,6H2,2-4H3,(H-,11,12,13). The van der Waals surface area contributed by atoms with Crippen molar-refractivity contribution in [1.82, 2.24) is 0 Å². The second kappa shape index (κ2) is 5.01. The number of carbonyl (C=O) groups excluding carboxylic acids is 1. The summed E-state index contributed by atoms with van der Waals surface area (Å²) >= 11 is 0. The van der Waals surface area contributed by atoms with Crippen LogP contribution in [-0.4, -0.2) is 49.0 Å². The molecule has 2 atom stereocenters. The lowest BCUT2D eigenvalue weighted by Gasteiger charge is -2.30. The smallest absolute Gasteiger partial charge is 0.266 e. The molecule has 0 spiro atoms. The third-order valence-electron chi connectivity index (χ3n) is 1.49. The highest BCUT2D eigenvalue weighted by molar-refractivity contribution is 7.44. The first-order valence-electron chi connectivity index (χ1n) is 4.24. The quantitative estimate of drug-likeness (QED) is 0.375. The molecule has 0 saturated heterocycles. The lowest BCUT2D eigenvalue weighted by atomic mass is 10.2. The van der Waals surface area contributed by atoms with Gasteiger partial charge in [0, 0.05) is 0 Å². The van der Waals surface area contributed by atoms with Gasteiger partial charge in [0.25, 0.3) is 7.82 Å². The van der Waals surface area contributed by atoms with Crippen LogP contribution in [0.1, 0.15) is 0 Å². The molecule has 0 aromatic rings. The van der Waals surface area contributed by atoms with Crippen LogP contribution in [0, 0.1) is 0 Å². The van der Waals surface area contributed by atoms with Crippen LogP contribution >= 0.6 is 7.82 Å². The molecule has 0 heterocycles. The molecule has 2 unspecified atom stereocenters. The Morgan fingerprint density at radius 2 is 2.13 bits per heavy atom. The van der Waals surface area contributed by atoms with Gasteiger partial charge in [0.05, 0.1) is 21.1 Å². The number of hydrogen-bond donors (Lipinski definition) is 1. The van der Waals surface area contributed by atoms with Gasteiger partial charge in [0.1, 0.15) is 6.54 Å². The van der Waals surface area contributed by atoms with Crippen LogP contribution in [0.15, 0.2) is 12.7 Å². The predicted octanol–water partition coefficient (Wildman–Crippen LogP) is -0.706. The zero-order valence-corrected chi connectivity index (χ0v) is 9.94. The molecular weight excluding hydrogens is 221 g/mol. The van der Waals surface area contributed by atoms with Gasteiger partial charge in [0.2, 0.25) is 0 Å². The van der Waals surface area contributed by atoms with Gasteiger partial charge >= 0.3 is 0 Å². The number of nitrogens with zero attached hydrogens (tertiary/aromatic N) is 1. The maximum atomic E-state index is 11.2. The molecule has 15 heavy (non-hydrogen) atoms. The Hall–Kier alpha value is -0.520. The average molecular weight is 237 g/mol. The molecule has 0 aliphatic heterocycles. The topological polar surface area (TPSA) is 86.7 Å². The molecule has 7 heteroatoms. The predicted molar refractivity (Wildman–Crippen MR) is 52.8 cm³/mol. The van der Waals surface area contributed by atoms with E-state index < -0.39 is 19.7 Å². The minimum Gasteiger partial charge on any atom is -0.756 e. The third kappa shape index (κ3) is 7.41. The number of ketones is 1. The number of hydrogen-bond acceptors (Lipinski definition) is 4. The minimum absolute atomic E-state index is 0.123. The Labute approximate surface area is 89.0 Å². The summed E-state index contributed by atoms with van der Waals surface area (Å²) in [7, 11) is 0.388. The number of likely N-dealkylation sites (N-methyl/N-ethyl adjacent to an activating group) is 1. The zero-order chi connectivity index (χ0) is 12.3. The van der Waals surface area contributed by atoms with Gasteiger partial charge in [-0.2, -0.15) is 0 Å². The Balaban J connectivity index is 4.68. The molecule has 0 aliphatic rings. The summed E-state index contributed by atoms with van der Waals surface area (Å²) in [5.41, 5.74) is 0. The Bertz CT molecular complexity index is 290. The molecule has 0 bridgehead atoms. The highest BCUT2D eigenvalue weighted by atomic mass is 31.2. The van der Waals surface area contributed by atoms with E-state index >= 15 is 0 Å². The first-order chi connectivity index (χ1) is 6.55. The summed E-state index contributed by atoms with van der Waals surface area (Å²) in [4.78, 5) is 30.3. The van der Waals surface area contributed by atoms with Crippen molar-refractivity contribution in [2.45, 2.75) is 6.10 Å². The van der Waals surface area contributed by atoms with E-state index in [9.17, 15) is 14.3 Å². The highest BCUT2D eigenvalue weighted by Gasteiger charge is 2.27. The maximum absolute atomic E-state index is 11.2. The van der Waals surface area contributed by atoms with Crippen LogP contribution in [0.5, 0.6) is 0 Å². The van der Waals surface area contributed by atoms with E-state index in [0.29, 0.717) is 4.48 Å². The number of phosphoric acid groups is 1. The number of phosphoric ester groups is 1. The van der Waals surface area contributed by atoms with E-state index in [4.69, 9.17) is 4.89 Å². The fourth-order valence-corrected chi connectivity index (χ4v) is 1.46. The lowest BCUT2D eigenvalue weighted by Crippen LogP contribution is -2.45. The minimum atomic E-state index is -4.90. The molecular formula is C8H16NO5P. The monoisotopic (exact) mass is 237 g/mol. The summed E-state index contributed by atoms with van der Waals surface area (Å²) in [6.07, 6.45) is -0.258. The van der Waals surface area contributed by atoms with Crippen molar-refractivity contribution in [2.24, 2.45) is 0 Å². The first-order valence-corrected chi connectivity index (χ1v) is 5.73. The SMILES string of the molecule is C=CC(=O)C(C[N+](C)(C)C)OP(=O)([O-])O. The molecule has 6 nitrogen and oxygen atoms in total. The molecule has 0 radical (unpaired) electrons. The highest BCUT2D eigenvalue weighted by Crippen LogP contribution is 2.33. The van der Waals surface area contributed by atoms with Crippen LogP contribution in [0.3, 0.4) is 0 Å². The average Bonchev–Trinajstić information content (AvgIpc) is 1.96. The van der Waals surface area contributed by atoms with Gasteiger partial charge in [-0.3, -0.25) is 9.36 Å². The van der Waals surface area contributed by atoms with E-state index in [2.05, 4.69) is 11.1 Å². The van der Waals surface area contributed by atoms with Gasteiger partial charge < -0.3 is 18.8 Å². The van der Waals surface area contributed by atoms with Crippen molar-refractivity contribution in [1.29, 1.82) is 0 Å². The van der Waals surface area contributed by atoms with Gasteiger partial charge in [-0.1, -0.05) is 6.58 Å². The third-order valence-corrected chi connectivity index (χ3v) is 2.01. The summed E-state index contributed by atoms with van der Waals surface area (Å²) < 4.78 is 15.1. The largest absolute Gasteiger partial charge is 0.756 e. The molecule has 0 fully saturated rings. The van der Waals surface area contributed by atoms with E-state index in [1.54, 1.807) is 21.1 Å². The van der Waals surface area contributed by atoms with Gasteiger partial charge in [0.15, 0.2) is 11.9 Å². The van der Waals surface area contributed by atoms with E-state index in [-0.39, 0.29) is 6.54 Å². The van der Waals surface area contributed by atoms with Crippen molar-refractivity contribution >= 4 is 13.6 Å². The summed E-state index contributed by atoms with van der Waals surface area (Å²) in [5, 5.41) is 0. The van der Waals surface area contributed by atoms with Crippen molar-refractivity contribution in [3.05, 3.63) is 12.7 Å². The first kappa shape index (κ1) is 14.5. The molecule has 0 amide bonds. The molecule has 0 saturated carbocycles. The van der Waals surface area contributed by atoms with Crippen LogP contribution in [-0.2, 0) is 13.9 Å².